The molecule has 1 aliphatic heterocycles. The lowest BCUT2D eigenvalue weighted by Crippen LogP contribution is -2.17. The zero-order valence-electron chi connectivity index (χ0n) is 11.4. The van der Waals surface area contributed by atoms with E-state index in [1.54, 1.807) is 0 Å². The maximum atomic E-state index is 5.68. The van der Waals surface area contributed by atoms with Crippen LogP contribution in [0.1, 0.15) is 25.7 Å². The first kappa shape index (κ1) is 11.8. The van der Waals surface area contributed by atoms with E-state index >= 15 is 0 Å². The third kappa shape index (κ3) is 2.05. The van der Waals surface area contributed by atoms with Crippen LogP contribution < -0.4 is 14.8 Å². The number of fused-ring (bicyclic) bond motifs is 2. The Hall–Kier alpha value is -1.97. The number of nitrogens with zero attached hydrogens (tertiary/aromatic N) is 1. The average Bonchev–Trinajstić information content (AvgIpc) is 2.99. The largest absolute Gasteiger partial charge is 0.486 e. The number of aromatic nitrogens is 1. The van der Waals surface area contributed by atoms with E-state index in [0.29, 0.717) is 19.3 Å². The molecule has 20 heavy (non-hydrogen) atoms. The third-order valence-corrected chi connectivity index (χ3v) is 4.12. The summed E-state index contributed by atoms with van der Waals surface area (Å²) in [5.41, 5.74) is 0. The third-order valence-electron chi connectivity index (χ3n) is 4.12. The van der Waals surface area contributed by atoms with Gasteiger partial charge in [-0.1, -0.05) is 12.8 Å². The monoisotopic (exact) mass is 270 g/mol. The van der Waals surface area contributed by atoms with Crippen molar-refractivity contribution >= 4 is 16.6 Å². The lowest BCUT2D eigenvalue weighted by molar-refractivity contribution is 0.172. The van der Waals surface area contributed by atoms with Crippen molar-refractivity contribution in [3.05, 3.63) is 24.4 Å². The molecule has 104 valence electrons. The summed E-state index contributed by atoms with van der Waals surface area (Å²) in [5, 5.41) is 5.84. The van der Waals surface area contributed by atoms with Gasteiger partial charge in [0, 0.05) is 17.6 Å². The number of pyridine rings is 1. The van der Waals surface area contributed by atoms with Gasteiger partial charge < -0.3 is 14.8 Å². The number of hydrogen-bond acceptors (Lipinski definition) is 4. The molecular weight excluding hydrogens is 252 g/mol. The summed E-state index contributed by atoms with van der Waals surface area (Å²) in [7, 11) is 0. The highest BCUT2D eigenvalue weighted by molar-refractivity contribution is 5.94. The topological polar surface area (TPSA) is 43.4 Å². The summed E-state index contributed by atoms with van der Waals surface area (Å²) in [4.78, 5) is 4.51. The van der Waals surface area contributed by atoms with E-state index in [0.717, 1.165) is 28.1 Å². The van der Waals surface area contributed by atoms with Crippen LogP contribution in [0.2, 0.25) is 0 Å². The number of ether oxygens (including phenoxy) is 2. The van der Waals surface area contributed by atoms with Crippen molar-refractivity contribution in [2.24, 2.45) is 0 Å². The van der Waals surface area contributed by atoms with Crippen molar-refractivity contribution in [1.82, 2.24) is 4.98 Å². The van der Waals surface area contributed by atoms with Crippen LogP contribution in [0.15, 0.2) is 24.4 Å². The van der Waals surface area contributed by atoms with Crippen LogP contribution in [0.4, 0.5) is 5.82 Å². The summed E-state index contributed by atoms with van der Waals surface area (Å²) in [5.74, 6) is 2.62. The molecule has 4 heteroatoms. The van der Waals surface area contributed by atoms with Crippen molar-refractivity contribution in [2.75, 3.05) is 18.5 Å². The maximum absolute atomic E-state index is 5.68. The Morgan fingerprint density at radius 1 is 1.05 bits per heavy atom. The molecule has 0 unspecified atom stereocenters. The first-order chi connectivity index (χ1) is 9.90. The summed E-state index contributed by atoms with van der Waals surface area (Å²) in [6, 6.07) is 6.67. The molecule has 0 amide bonds. The minimum Gasteiger partial charge on any atom is -0.486 e. The first-order valence-electron chi connectivity index (χ1n) is 7.35. The van der Waals surface area contributed by atoms with Crippen molar-refractivity contribution in [1.29, 1.82) is 0 Å². The van der Waals surface area contributed by atoms with E-state index in [1.165, 1.54) is 25.7 Å². The van der Waals surface area contributed by atoms with Crippen LogP contribution in [0.25, 0.3) is 10.8 Å². The van der Waals surface area contributed by atoms with Gasteiger partial charge in [0.2, 0.25) is 0 Å². The molecule has 0 radical (unpaired) electrons. The Morgan fingerprint density at radius 2 is 1.80 bits per heavy atom. The van der Waals surface area contributed by atoms with Gasteiger partial charge in [-0.05, 0) is 36.4 Å². The minimum absolute atomic E-state index is 0.557. The molecular formula is C16H18N2O2. The van der Waals surface area contributed by atoms with Gasteiger partial charge in [0.1, 0.15) is 19.0 Å². The Kier molecular flexibility index (Phi) is 2.87. The fraction of sp³-hybridized carbons (Fsp3) is 0.438. The smallest absolute Gasteiger partial charge is 0.162 e. The molecule has 2 heterocycles. The van der Waals surface area contributed by atoms with Crippen LogP contribution in [-0.4, -0.2) is 24.2 Å². The summed E-state index contributed by atoms with van der Waals surface area (Å²) in [6.07, 6.45) is 6.96. The lowest BCUT2D eigenvalue weighted by atomic mass is 10.1. The van der Waals surface area contributed by atoms with Gasteiger partial charge in [0.15, 0.2) is 11.5 Å². The van der Waals surface area contributed by atoms with Crippen LogP contribution in [0.5, 0.6) is 11.5 Å². The van der Waals surface area contributed by atoms with E-state index in [1.807, 2.05) is 24.4 Å². The van der Waals surface area contributed by atoms with Crippen LogP contribution in [0, 0.1) is 0 Å². The highest BCUT2D eigenvalue weighted by Crippen LogP contribution is 2.37. The summed E-state index contributed by atoms with van der Waals surface area (Å²) >= 11 is 0. The predicted octanol–water partition coefficient (Wildman–Crippen LogP) is 3.36. The molecule has 1 N–H and O–H groups in total. The van der Waals surface area contributed by atoms with Crippen molar-refractivity contribution in [3.63, 3.8) is 0 Å². The summed E-state index contributed by atoms with van der Waals surface area (Å²) < 4.78 is 11.3. The molecule has 0 bridgehead atoms. The Balaban J connectivity index is 1.76. The van der Waals surface area contributed by atoms with E-state index in [4.69, 9.17) is 9.47 Å². The SMILES string of the molecule is c1cc2cc3c(cc2c(NC2CCCC2)n1)OCCO3. The molecule has 2 aromatic rings. The Bertz CT molecular complexity index is 636. The van der Waals surface area contributed by atoms with Gasteiger partial charge >= 0.3 is 0 Å². The maximum Gasteiger partial charge on any atom is 0.162 e. The molecule has 4 rings (SSSR count). The Morgan fingerprint density at radius 3 is 2.60 bits per heavy atom. The number of benzene rings is 1. The van der Waals surface area contributed by atoms with Gasteiger partial charge in [-0.2, -0.15) is 0 Å². The van der Waals surface area contributed by atoms with Gasteiger partial charge in [-0.25, -0.2) is 4.98 Å². The second-order valence-electron chi connectivity index (χ2n) is 5.50. The molecule has 0 spiro atoms. The molecule has 0 saturated heterocycles. The predicted molar refractivity (Wildman–Crippen MR) is 78.6 cm³/mol. The first-order valence-corrected chi connectivity index (χ1v) is 7.35. The zero-order chi connectivity index (χ0) is 13.4. The van der Waals surface area contributed by atoms with Gasteiger partial charge in [0.25, 0.3) is 0 Å². The number of nitrogens with one attached hydrogen (secondary N) is 1. The normalized spacial score (nSPS) is 18.4. The van der Waals surface area contributed by atoms with Gasteiger partial charge in [-0.3, -0.25) is 0 Å². The fourth-order valence-corrected chi connectivity index (χ4v) is 3.09. The summed E-state index contributed by atoms with van der Waals surface area (Å²) in [6.45, 7) is 1.24. The Labute approximate surface area is 118 Å². The zero-order valence-corrected chi connectivity index (χ0v) is 11.4. The molecule has 2 aliphatic rings. The number of anilines is 1. The molecule has 1 saturated carbocycles. The van der Waals surface area contributed by atoms with Crippen molar-refractivity contribution in [3.8, 4) is 11.5 Å². The highest BCUT2D eigenvalue weighted by atomic mass is 16.6. The van der Waals surface area contributed by atoms with Gasteiger partial charge in [0.05, 0.1) is 0 Å². The molecule has 1 aromatic carbocycles. The molecule has 0 atom stereocenters. The fourth-order valence-electron chi connectivity index (χ4n) is 3.09. The van der Waals surface area contributed by atoms with Crippen molar-refractivity contribution in [2.45, 2.75) is 31.7 Å². The van der Waals surface area contributed by atoms with Crippen LogP contribution in [-0.2, 0) is 0 Å². The second kappa shape index (κ2) is 4.85. The van der Waals surface area contributed by atoms with E-state index < -0.39 is 0 Å². The average molecular weight is 270 g/mol. The highest BCUT2D eigenvalue weighted by Gasteiger charge is 2.18. The van der Waals surface area contributed by atoms with Crippen LogP contribution in [0.3, 0.4) is 0 Å². The lowest BCUT2D eigenvalue weighted by Gasteiger charge is -2.20. The molecule has 1 aliphatic carbocycles. The molecule has 1 fully saturated rings. The molecule has 4 nitrogen and oxygen atoms in total. The van der Waals surface area contributed by atoms with Crippen LogP contribution >= 0.6 is 0 Å². The standard InChI is InChI=1S/C16H18N2O2/c1-2-4-12(3-1)18-16-13-10-15-14(19-7-8-20-15)9-11(13)5-6-17-16/h5-6,9-10,12H,1-4,7-8H2,(H,17,18). The van der Waals surface area contributed by atoms with Gasteiger partial charge in [-0.15, -0.1) is 0 Å². The number of rotatable bonds is 2. The van der Waals surface area contributed by atoms with E-state index in [-0.39, 0.29) is 0 Å². The quantitative estimate of drug-likeness (QED) is 0.908. The number of hydrogen-bond donors (Lipinski definition) is 1. The van der Waals surface area contributed by atoms with E-state index in [9.17, 15) is 0 Å². The molecule has 1 aromatic heterocycles. The minimum atomic E-state index is 0.557. The van der Waals surface area contributed by atoms with Crippen molar-refractivity contribution < 1.29 is 9.47 Å². The van der Waals surface area contributed by atoms with E-state index in [2.05, 4.69) is 10.3 Å². The second-order valence-corrected chi connectivity index (χ2v) is 5.50.